The zero-order chi connectivity index (χ0) is 17.2. The van der Waals surface area contributed by atoms with Crippen LogP contribution in [0.2, 0.25) is 0 Å². The Kier molecular flexibility index (Phi) is 4.80. The van der Waals surface area contributed by atoms with Gasteiger partial charge >= 0.3 is 0 Å². The lowest BCUT2D eigenvalue weighted by molar-refractivity contribution is 0.516. The van der Waals surface area contributed by atoms with E-state index in [4.69, 9.17) is 0 Å². The smallest absolute Gasteiger partial charge is 0.187 e. The van der Waals surface area contributed by atoms with Crippen molar-refractivity contribution in [1.82, 2.24) is 9.97 Å². The summed E-state index contributed by atoms with van der Waals surface area (Å²) in [6, 6.07) is 8.50. The molecule has 0 unspecified atom stereocenters. The third kappa shape index (κ3) is 3.13. The van der Waals surface area contributed by atoms with E-state index in [1.54, 1.807) is 30.3 Å². The summed E-state index contributed by atoms with van der Waals surface area (Å²) in [4.78, 5) is 10.1. The average Bonchev–Trinajstić information content (AvgIpc) is 2.63. The maximum Gasteiger partial charge on any atom is 0.187 e. The third-order valence-corrected chi connectivity index (χ3v) is 6.71. The molecule has 1 aromatic carbocycles. The first-order valence-electron chi connectivity index (χ1n) is 8.07. The van der Waals surface area contributed by atoms with Crippen LogP contribution < -0.4 is 4.90 Å². The predicted molar refractivity (Wildman–Crippen MR) is 90.2 cm³/mol. The zero-order valence-corrected chi connectivity index (χ0v) is 14.3. The Labute approximate surface area is 141 Å². The van der Waals surface area contributed by atoms with E-state index in [-0.39, 0.29) is 5.82 Å². The van der Waals surface area contributed by atoms with E-state index in [1.165, 1.54) is 6.33 Å². The van der Waals surface area contributed by atoms with Crippen LogP contribution in [0.25, 0.3) is 0 Å². The minimum absolute atomic E-state index is 0.275. The van der Waals surface area contributed by atoms with E-state index in [0.29, 0.717) is 42.9 Å². The lowest BCUT2D eigenvalue weighted by Crippen LogP contribution is -2.40. The van der Waals surface area contributed by atoms with Gasteiger partial charge in [-0.25, -0.2) is 22.8 Å². The second-order valence-corrected chi connectivity index (χ2v) is 8.08. The molecule has 0 radical (unpaired) electrons. The van der Waals surface area contributed by atoms with E-state index in [9.17, 15) is 12.8 Å². The number of hydrogen-bond acceptors (Lipinski definition) is 5. The Hall–Kier alpha value is -2.02. The molecule has 0 spiro atoms. The molecule has 2 aromatic rings. The first-order valence-corrected chi connectivity index (χ1v) is 9.62. The number of rotatable bonds is 4. The van der Waals surface area contributed by atoms with Gasteiger partial charge in [-0.1, -0.05) is 25.1 Å². The van der Waals surface area contributed by atoms with Crippen LogP contribution in [-0.4, -0.2) is 36.7 Å². The highest BCUT2D eigenvalue weighted by atomic mass is 32.2. The van der Waals surface area contributed by atoms with E-state index in [1.807, 2.05) is 11.8 Å². The summed E-state index contributed by atoms with van der Waals surface area (Å²) < 4.78 is 39.7. The topological polar surface area (TPSA) is 63.2 Å². The number of aromatic nitrogens is 2. The van der Waals surface area contributed by atoms with Crippen molar-refractivity contribution in [3.63, 3.8) is 0 Å². The van der Waals surface area contributed by atoms with Crippen LogP contribution in [0.1, 0.15) is 25.5 Å². The molecule has 1 aliphatic heterocycles. The Morgan fingerprint density at radius 1 is 1.17 bits per heavy atom. The van der Waals surface area contributed by atoms with E-state index in [0.717, 1.165) is 0 Å². The fourth-order valence-electron chi connectivity index (χ4n) is 3.04. The standard InChI is InChI=1S/C17H20FN3O2S/c1-2-15-16(18)17(20-12-19-15)21-10-8-14(9-11-21)24(22,23)13-6-4-3-5-7-13/h3-7,12,14H,2,8-11H2,1H3. The number of aryl methyl sites for hydroxylation is 1. The van der Waals surface area contributed by atoms with Gasteiger partial charge in [0.15, 0.2) is 21.5 Å². The predicted octanol–water partition coefficient (Wildman–Crippen LogP) is 2.62. The number of nitrogens with zero attached hydrogens (tertiary/aromatic N) is 3. The van der Waals surface area contributed by atoms with Gasteiger partial charge in [-0.3, -0.25) is 0 Å². The largest absolute Gasteiger partial charge is 0.354 e. The van der Waals surface area contributed by atoms with Gasteiger partial charge in [0.05, 0.1) is 15.8 Å². The summed E-state index contributed by atoms with van der Waals surface area (Å²) in [5.74, 6) is -0.123. The van der Waals surface area contributed by atoms with Crippen LogP contribution in [0.5, 0.6) is 0 Å². The first kappa shape index (κ1) is 16.8. The summed E-state index contributed by atoms with van der Waals surface area (Å²) >= 11 is 0. The van der Waals surface area contributed by atoms with Crippen LogP contribution in [0.15, 0.2) is 41.6 Å². The monoisotopic (exact) mass is 349 g/mol. The van der Waals surface area contributed by atoms with Crippen LogP contribution in [0.4, 0.5) is 10.2 Å². The van der Waals surface area contributed by atoms with Crippen LogP contribution in [0, 0.1) is 5.82 Å². The zero-order valence-electron chi connectivity index (χ0n) is 13.5. The summed E-state index contributed by atoms with van der Waals surface area (Å²) in [6.07, 6.45) is 2.79. The van der Waals surface area contributed by atoms with Crippen LogP contribution in [0.3, 0.4) is 0 Å². The second-order valence-electron chi connectivity index (χ2n) is 5.86. The number of benzene rings is 1. The average molecular weight is 349 g/mol. The Balaban J connectivity index is 1.75. The molecule has 0 N–H and O–H groups in total. The quantitative estimate of drug-likeness (QED) is 0.849. The minimum Gasteiger partial charge on any atom is -0.354 e. The lowest BCUT2D eigenvalue weighted by Gasteiger charge is -2.32. The molecule has 0 atom stereocenters. The molecule has 3 rings (SSSR count). The summed E-state index contributed by atoms with van der Waals surface area (Å²) in [5, 5.41) is -0.438. The van der Waals surface area contributed by atoms with Gasteiger partial charge in [0, 0.05) is 13.1 Å². The molecular formula is C17H20FN3O2S. The fourth-order valence-corrected chi connectivity index (χ4v) is 4.80. The van der Waals surface area contributed by atoms with Crippen molar-refractivity contribution in [2.24, 2.45) is 0 Å². The summed E-state index contributed by atoms with van der Waals surface area (Å²) in [5.41, 5.74) is 0.388. The fraction of sp³-hybridized carbons (Fsp3) is 0.412. The van der Waals surface area contributed by atoms with Gasteiger partial charge in [-0.2, -0.15) is 0 Å². The van der Waals surface area contributed by atoms with Gasteiger partial charge in [0.25, 0.3) is 0 Å². The van der Waals surface area contributed by atoms with Crippen molar-refractivity contribution in [1.29, 1.82) is 0 Å². The summed E-state index contributed by atoms with van der Waals surface area (Å²) in [6.45, 7) is 2.77. The maximum atomic E-state index is 14.4. The molecule has 1 aliphatic rings. The lowest BCUT2D eigenvalue weighted by atomic mass is 10.1. The van der Waals surface area contributed by atoms with E-state index in [2.05, 4.69) is 9.97 Å². The molecule has 0 aliphatic carbocycles. The van der Waals surface area contributed by atoms with Gasteiger partial charge < -0.3 is 4.90 Å². The van der Waals surface area contributed by atoms with Crippen LogP contribution in [-0.2, 0) is 16.3 Å². The maximum absolute atomic E-state index is 14.4. The number of sulfone groups is 1. The molecule has 2 heterocycles. The second kappa shape index (κ2) is 6.84. The highest BCUT2D eigenvalue weighted by Crippen LogP contribution is 2.28. The first-order chi connectivity index (χ1) is 11.5. The highest BCUT2D eigenvalue weighted by molar-refractivity contribution is 7.92. The number of hydrogen-bond donors (Lipinski definition) is 0. The molecule has 1 fully saturated rings. The van der Waals surface area contributed by atoms with E-state index >= 15 is 0 Å². The van der Waals surface area contributed by atoms with Gasteiger partial charge in [0.2, 0.25) is 0 Å². The highest BCUT2D eigenvalue weighted by Gasteiger charge is 2.32. The van der Waals surface area contributed by atoms with Crippen molar-refractivity contribution in [2.45, 2.75) is 36.3 Å². The molecule has 24 heavy (non-hydrogen) atoms. The molecular weight excluding hydrogens is 329 g/mol. The van der Waals surface area contributed by atoms with Gasteiger partial charge in [-0.15, -0.1) is 0 Å². The molecule has 1 aromatic heterocycles. The number of anilines is 1. The number of halogens is 1. The van der Waals surface area contributed by atoms with Gasteiger partial charge in [-0.05, 0) is 31.4 Å². The normalized spacial score (nSPS) is 16.3. The third-order valence-electron chi connectivity index (χ3n) is 4.43. The molecule has 1 saturated heterocycles. The van der Waals surface area contributed by atoms with Gasteiger partial charge in [0.1, 0.15) is 6.33 Å². The van der Waals surface area contributed by atoms with E-state index < -0.39 is 20.9 Å². The molecule has 0 amide bonds. The SMILES string of the molecule is CCc1ncnc(N2CCC(S(=O)(=O)c3ccccc3)CC2)c1F. The van der Waals surface area contributed by atoms with Crippen molar-refractivity contribution in [2.75, 3.05) is 18.0 Å². The Morgan fingerprint density at radius 3 is 2.46 bits per heavy atom. The molecule has 128 valence electrons. The molecule has 0 saturated carbocycles. The van der Waals surface area contributed by atoms with Crippen molar-refractivity contribution in [3.8, 4) is 0 Å². The van der Waals surface area contributed by atoms with Crippen molar-refractivity contribution < 1.29 is 12.8 Å². The minimum atomic E-state index is -3.34. The molecule has 5 nitrogen and oxygen atoms in total. The molecule has 0 bridgehead atoms. The summed E-state index contributed by atoms with van der Waals surface area (Å²) in [7, 11) is -3.34. The Bertz CT molecular complexity index is 804. The van der Waals surface area contributed by atoms with Crippen LogP contribution >= 0.6 is 0 Å². The van der Waals surface area contributed by atoms with Crippen molar-refractivity contribution >= 4 is 15.7 Å². The molecule has 7 heteroatoms. The number of piperidine rings is 1. The van der Waals surface area contributed by atoms with Crippen molar-refractivity contribution in [3.05, 3.63) is 48.2 Å². The Morgan fingerprint density at radius 2 is 1.83 bits per heavy atom.